The highest BCUT2D eigenvalue weighted by Gasteiger charge is 2.20. The summed E-state index contributed by atoms with van der Waals surface area (Å²) in [6.45, 7) is 6.27. The number of carbonyl (C=O) groups is 1. The van der Waals surface area contributed by atoms with Crippen LogP contribution in [-0.2, 0) is 6.42 Å². The maximum absolute atomic E-state index is 11.8. The molecule has 1 aliphatic carbocycles. The Kier molecular flexibility index (Phi) is 3.13. The van der Waals surface area contributed by atoms with E-state index >= 15 is 0 Å². The van der Waals surface area contributed by atoms with Gasteiger partial charge in [0.2, 0.25) is 0 Å². The smallest absolute Gasteiger partial charge is 0.166 e. The molecule has 0 bridgehead atoms. The molecule has 0 radical (unpaired) electrons. The number of nitrogens with zero attached hydrogens (tertiary/aromatic N) is 2. The maximum atomic E-state index is 11.8. The van der Waals surface area contributed by atoms with E-state index in [4.69, 9.17) is 0 Å². The highest BCUT2D eigenvalue weighted by Crippen LogP contribution is 2.27. The zero-order valence-corrected chi connectivity index (χ0v) is 12.2. The number of carbonyl (C=O) groups excluding carboxylic acids is 1. The number of aromatic nitrogens is 2. The molecule has 0 amide bonds. The van der Waals surface area contributed by atoms with Crippen molar-refractivity contribution in [3.8, 4) is 11.4 Å². The number of fused-ring (bicyclic) bond motifs is 1. The van der Waals surface area contributed by atoms with Crippen LogP contribution in [0.5, 0.6) is 0 Å². The standard InChI is InChI=1S/C17H18N2O/c1-10-7-11(2)16(12(3)8-10)17-18-9-13-14(19-17)5-4-6-15(13)20/h7-9H,4-6H2,1-3H3. The first-order chi connectivity index (χ1) is 9.56. The van der Waals surface area contributed by atoms with Crippen LogP contribution in [-0.4, -0.2) is 15.8 Å². The molecular weight excluding hydrogens is 248 g/mol. The Morgan fingerprint density at radius 2 is 1.75 bits per heavy atom. The average molecular weight is 266 g/mol. The van der Waals surface area contributed by atoms with Crippen LogP contribution in [0.15, 0.2) is 18.3 Å². The molecule has 0 saturated heterocycles. The van der Waals surface area contributed by atoms with Gasteiger partial charge in [-0.1, -0.05) is 17.7 Å². The molecular formula is C17H18N2O. The molecule has 0 spiro atoms. The number of hydrogen-bond acceptors (Lipinski definition) is 3. The third kappa shape index (κ3) is 2.13. The summed E-state index contributed by atoms with van der Waals surface area (Å²) in [5, 5.41) is 0. The van der Waals surface area contributed by atoms with Gasteiger partial charge in [0.05, 0.1) is 11.3 Å². The van der Waals surface area contributed by atoms with Gasteiger partial charge in [-0.25, -0.2) is 9.97 Å². The zero-order chi connectivity index (χ0) is 14.3. The number of Topliss-reactive ketones (excluding diaryl/α,β-unsaturated/α-hetero) is 1. The molecule has 2 aromatic rings. The van der Waals surface area contributed by atoms with Crippen LogP contribution >= 0.6 is 0 Å². The van der Waals surface area contributed by atoms with Gasteiger partial charge >= 0.3 is 0 Å². The van der Waals surface area contributed by atoms with E-state index in [0.29, 0.717) is 12.0 Å². The first-order valence-electron chi connectivity index (χ1n) is 7.03. The van der Waals surface area contributed by atoms with Crippen molar-refractivity contribution in [2.75, 3.05) is 0 Å². The zero-order valence-electron chi connectivity index (χ0n) is 12.2. The molecule has 20 heavy (non-hydrogen) atoms. The summed E-state index contributed by atoms with van der Waals surface area (Å²) < 4.78 is 0. The highest BCUT2D eigenvalue weighted by molar-refractivity contribution is 5.97. The number of ketones is 1. The molecule has 1 heterocycles. The second-order valence-corrected chi connectivity index (χ2v) is 5.60. The molecule has 0 atom stereocenters. The van der Waals surface area contributed by atoms with Gasteiger partial charge in [0.25, 0.3) is 0 Å². The van der Waals surface area contributed by atoms with E-state index < -0.39 is 0 Å². The lowest BCUT2D eigenvalue weighted by molar-refractivity contribution is 0.0971. The molecule has 1 aromatic carbocycles. The summed E-state index contributed by atoms with van der Waals surface area (Å²) >= 11 is 0. The summed E-state index contributed by atoms with van der Waals surface area (Å²) in [5.74, 6) is 0.920. The van der Waals surface area contributed by atoms with Crippen molar-refractivity contribution in [2.45, 2.75) is 40.0 Å². The lowest BCUT2D eigenvalue weighted by Crippen LogP contribution is -2.14. The van der Waals surface area contributed by atoms with Crippen molar-refractivity contribution in [1.82, 2.24) is 9.97 Å². The fourth-order valence-electron chi connectivity index (χ4n) is 3.04. The Labute approximate surface area is 119 Å². The van der Waals surface area contributed by atoms with Crippen molar-refractivity contribution in [3.63, 3.8) is 0 Å². The van der Waals surface area contributed by atoms with Crippen LogP contribution in [0.25, 0.3) is 11.4 Å². The molecule has 1 aromatic heterocycles. The minimum Gasteiger partial charge on any atom is -0.294 e. The van der Waals surface area contributed by atoms with Crippen molar-refractivity contribution in [3.05, 3.63) is 46.3 Å². The average Bonchev–Trinajstić information content (AvgIpc) is 2.37. The predicted molar refractivity (Wildman–Crippen MR) is 78.9 cm³/mol. The number of benzene rings is 1. The Bertz CT molecular complexity index is 681. The minimum absolute atomic E-state index is 0.176. The van der Waals surface area contributed by atoms with Gasteiger partial charge in [-0.2, -0.15) is 0 Å². The van der Waals surface area contributed by atoms with Gasteiger partial charge < -0.3 is 0 Å². The van der Waals surface area contributed by atoms with Gasteiger partial charge in [-0.15, -0.1) is 0 Å². The van der Waals surface area contributed by atoms with E-state index in [0.717, 1.165) is 29.9 Å². The third-order valence-electron chi connectivity index (χ3n) is 3.89. The second kappa shape index (κ2) is 4.82. The van der Waals surface area contributed by atoms with Crippen LogP contribution in [0.1, 0.15) is 45.6 Å². The molecule has 0 aliphatic heterocycles. The SMILES string of the molecule is Cc1cc(C)c(-c2ncc3c(n2)CCCC3=O)c(C)c1. The first kappa shape index (κ1) is 13.0. The first-order valence-corrected chi connectivity index (χ1v) is 7.03. The van der Waals surface area contributed by atoms with E-state index in [9.17, 15) is 4.79 Å². The van der Waals surface area contributed by atoms with Crippen LogP contribution in [0.4, 0.5) is 0 Å². The topological polar surface area (TPSA) is 42.9 Å². The van der Waals surface area contributed by atoms with Crippen LogP contribution in [0.3, 0.4) is 0 Å². The second-order valence-electron chi connectivity index (χ2n) is 5.60. The van der Waals surface area contributed by atoms with Crippen molar-refractivity contribution in [1.29, 1.82) is 0 Å². The Morgan fingerprint density at radius 1 is 1.05 bits per heavy atom. The van der Waals surface area contributed by atoms with Crippen LogP contribution in [0, 0.1) is 20.8 Å². The predicted octanol–water partition coefficient (Wildman–Crippen LogP) is 3.59. The molecule has 0 saturated carbocycles. The Morgan fingerprint density at radius 3 is 2.45 bits per heavy atom. The fraction of sp³-hybridized carbons (Fsp3) is 0.353. The lowest BCUT2D eigenvalue weighted by Gasteiger charge is -2.16. The monoisotopic (exact) mass is 266 g/mol. The maximum Gasteiger partial charge on any atom is 0.166 e. The molecule has 1 aliphatic rings. The lowest BCUT2D eigenvalue weighted by atomic mass is 9.95. The highest BCUT2D eigenvalue weighted by atomic mass is 16.1. The fourth-order valence-corrected chi connectivity index (χ4v) is 3.04. The van der Waals surface area contributed by atoms with E-state index in [1.807, 2.05) is 0 Å². The van der Waals surface area contributed by atoms with E-state index in [2.05, 4.69) is 42.9 Å². The quantitative estimate of drug-likeness (QED) is 0.792. The normalized spacial score (nSPS) is 14.2. The van der Waals surface area contributed by atoms with E-state index in [1.54, 1.807) is 6.20 Å². The molecule has 3 heteroatoms. The summed E-state index contributed by atoms with van der Waals surface area (Å²) in [6, 6.07) is 4.30. The number of rotatable bonds is 1. The summed E-state index contributed by atoms with van der Waals surface area (Å²) in [4.78, 5) is 20.9. The van der Waals surface area contributed by atoms with Crippen molar-refractivity contribution >= 4 is 5.78 Å². The van der Waals surface area contributed by atoms with Gasteiger partial charge in [-0.05, 0) is 44.7 Å². The molecule has 102 valence electrons. The van der Waals surface area contributed by atoms with Gasteiger partial charge in [0, 0.05) is 18.2 Å². The Balaban J connectivity index is 2.15. The Hall–Kier alpha value is -2.03. The summed E-state index contributed by atoms with van der Waals surface area (Å²) in [6.07, 6.45) is 4.10. The van der Waals surface area contributed by atoms with Crippen LogP contribution < -0.4 is 0 Å². The largest absolute Gasteiger partial charge is 0.294 e. The number of aryl methyl sites for hydroxylation is 4. The van der Waals surface area contributed by atoms with Crippen molar-refractivity contribution < 1.29 is 4.79 Å². The molecule has 3 nitrogen and oxygen atoms in total. The summed E-state index contributed by atoms with van der Waals surface area (Å²) in [5.41, 5.74) is 6.33. The molecule has 0 fully saturated rings. The molecule has 3 rings (SSSR count). The van der Waals surface area contributed by atoms with Gasteiger partial charge in [-0.3, -0.25) is 4.79 Å². The number of hydrogen-bond donors (Lipinski definition) is 0. The van der Waals surface area contributed by atoms with E-state index in [-0.39, 0.29) is 5.78 Å². The van der Waals surface area contributed by atoms with Gasteiger partial charge in [0.15, 0.2) is 11.6 Å². The van der Waals surface area contributed by atoms with Crippen molar-refractivity contribution in [2.24, 2.45) is 0 Å². The van der Waals surface area contributed by atoms with Gasteiger partial charge in [0.1, 0.15) is 0 Å². The van der Waals surface area contributed by atoms with E-state index in [1.165, 1.54) is 16.7 Å². The molecule has 0 unspecified atom stereocenters. The van der Waals surface area contributed by atoms with Crippen LogP contribution in [0.2, 0.25) is 0 Å². The summed E-state index contributed by atoms with van der Waals surface area (Å²) in [7, 11) is 0. The molecule has 0 N–H and O–H groups in total. The third-order valence-corrected chi connectivity index (χ3v) is 3.89. The minimum atomic E-state index is 0.176.